The lowest BCUT2D eigenvalue weighted by Crippen LogP contribution is -2.14. The molecule has 1 fully saturated rings. The van der Waals surface area contributed by atoms with Gasteiger partial charge in [0, 0.05) is 17.1 Å². The third-order valence-electron chi connectivity index (χ3n) is 3.79. The van der Waals surface area contributed by atoms with E-state index in [9.17, 15) is 13.2 Å². The first-order valence-corrected chi connectivity index (χ1v) is 7.91. The van der Waals surface area contributed by atoms with Crippen LogP contribution in [0.4, 0.5) is 13.2 Å². The second kappa shape index (κ2) is 7.11. The molecule has 1 heterocycles. The highest BCUT2D eigenvalue weighted by atomic mass is 79.9. The smallest absolute Gasteiger partial charge is 0.378 e. The van der Waals surface area contributed by atoms with E-state index in [1.165, 1.54) is 6.07 Å². The topological polar surface area (TPSA) is 35.2 Å². The highest BCUT2D eigenvalue weighted by Crippen LogP contribution is 2.34. The summed E-state index contributed by atoms with van der Waals surface area (Å²) in [5.74, 6) is 0. The lowest BCUT2D eigenvalue weighted by atomic mass is 9.98. The second-order valence-electron chi connectivity index (χ2n) is 5.41. The first-order valence-electron chi connectivity index (χ1n) is 7.12. The summed E-state index contributed by atoms with van der Waals surface area (Å²) in [5.41, 5.74) is 5.91. The van der Waals surface area contributed by atoms with Crippen LogP contribution in [0.1, 0.15) is 49.3 Å². The maximum absolute atomic E-state index is 12.7. The highest BCUT2D eigenvalue weighted by molar-refractivity contribution is 9.10. The van der Waals surface area contributed by atoms with E-state index in [4.69, 9.17) is 10.5 Å². The molecule has 0 saturated carbocycles. The maximum atomic E-state index is 12.7. The van der Waals surface area contributed by atoms with Crippen molar-refractivity contribution in [2.24, 2.45) is 5.73 Å². The summed E-state index contributed by atoms with van der Waals surface area (Å²) in [4.78, 5) is 0. The first-order chi connectivity index (χ1) is 9.88. The summed E-state index contributed by atoms with van der Waals surface area (Å²) in [6, 6.07) is 3.22. The molecular weight excluding hydrogens is 347 g/mol. The summed E-state index contributed by atoms with van der Waals surface area (Å²) in [6.07, 6.45) is 0.547. The number of nitrogens with two attached hydrogens (primary N) is 1. The Morgan fingerprint density at radius 3 is 2.76 bits per heavy atom. The fourth-order valence-electron chi connectivity index (χ4n) is 2.60. The van der Waals surface area contributed by atoms with Gasteiger partial charge in [0.2, 0.25) is 0 Å². The zero-order chi connectivity index (χ0) is 15.5. The van der Waals surface area contributed by atoms with Crippen molar-refractivity contribution in [3.8, 4) is 0 Å². The summed E-state index contributed by atoms with van der Waals surface area (Å²) >= 11 is 3.28. The molecule has 1 saturated heterocycles. The quantitative estimate of drug-likeness (QED) is 0.811. The standard InChI is InChI=1S/C15H19BrF3NO/c16-13-7-6-10(15(17,18)19)9-12(13)14(20)5-1-3-11-4-2-8-21-11/h6-7,9,11,14H,1-5,8,20H2. The Balaban J connectivity index is 1.95. The van der Waals surface area contributed by atoms with Crippen LogP contribution in [0.15, 0.2) is 22.7 Å². The molecule has 0 aliphatic carbocycles. The van der Waals surface area contributed by atoms with Crippen molar-refractivity contribution in [1.29, 1.82) is 0 Å². The van der Waals surface area contributed by atoms with E-state index in [2.05, 4.69) is 15.9 Å². The molecule has 2 unspecified atom stereocenters. The average molecular weight is 366 g/mol. The van der Waals surface area contributed by atoms with Crippen molar-refractivity contribution in [3.63, 3.8) is 0 Å². The van der Waals surface area contributed by atoms with Crippen LogP contribution in [0, 0.1) is 0 Å². The fraction of sp³-hybridized carbons (Fsp3) is 0.600. The maximum Gasteiger partial charge on any atom is 0.416 e. The van der Waals surface area contributed by atoms with E-state index in [0.717, 1.165) is 44.4 Å². The summed E-state index contributed by atoms with van der Waals surface area (Å²) in [6.45, 7) is 0.815. The van der Waals surface area contributed by atoms with Crippen molar-refractivity contribution < 1.29 is 17.9 Å². The number of hydrogen-bond donors (Lipinski definition) is 1. The van der Waals surface area contributed by atoms with E-state index in [1.807, 2.05) is 0 Å². The molecule has 1 aliphatic heterocycles. The number of ether oxygens (including phenoxy) is 1. The van der Waals surface area contributed by atoms with E-state index in [0.29, 0.717) is 22.6 Å². The van der Waals surface area contributed by atoms with Crippen molar-refractivity contribution in [2.45, 2.75) is 50.4 Å². The van der Waals surface area contributed by atoms with Gasteiger partial charge in [0.1, 0.15) is 0 Å². The second-order valence-corrected chi connectivity index (χ2v) is 6.26. The van der Waals surface area contributed by atoms with Crippen LogP contribution < -0.4 is 5.73 Å². The van der Waals surface area contributed by atoms with Gasteiger partial charge in [-0.2, -0.15) is 13.2 Å². The Morgan fingerprint density at radius 1 is 1.38 bits per heavy atom. The highest BCUT2D eigenvalue weighted by Gasteiger charge is 2.31. The van der Waals surface area contributed by atoms with Gasteiger partial charge in [0.25, 0.3) is 0 Å². The molecule has 0 aromatic heterocycles. The molecule has 21 heavy (non-hydrogen) atoms. The Kier molecular flexibility index (Phi) is 5.68. The molecule has 0 bridgehead atoms. The van der Waals surface area contributed by atoms with Crippen LogP contribution in [0.2, 0.25) is 0 Å². The van der Waals surface area contributed by atoms with E-state index < -0.39 is 17.8 Å². The predicted octanol–water partition coefficient (Wildman–Crippen LogP) is 4.82. The van der Waals surface area contributed by atoms with Crippen molar-refractivity contribution in [1.82, 2.24) is 0 Å². The van der Waals surface area contributed by atoms with E-state index in [-0.39, 0.29) is 0 Å². The van der Waals surface area contributed by atoms with Crippen molar-refractivity contribution >= 4 is 15.9 Å². The lowest BCUT2D eigenvalue weighted by Gasteiger charge is -2.17. The number of rotatable bonds is 5. The molecule has 6 heteroatoms. The van der Waals surface area contributed by atoms with Crippen LogP contribution in [0.5, 0.6) is 0 Å². The van der Waals surface area contributed by atoms with Crippen LogP contribution >= 0.6 is 15.9 Å². The Bertz CT molecular complexity index is 472. The third kappa shape index (κ3) is 4.69. The van der Waals surface area contributed by atoms with Crippen LogP contribution in [-0.2, 0) is 10.9 Å². The van der Waals surface area contributed by atoms with Gasteiger partial charge in [-0.05, 0) is 55.9 Å². The van der Waals surface area contributed by atoms with Crippen LogP contribution in [0.3, 0.4) is 0 Å². The summed E-state index contributed by atoms with van der Waals surface area (Å²) in [5, 5.41) is 0. The van der Waals surface area contributed by atoms with E-state index in [1.54, 1.807) is 0 Å². The minimum Gasteiger partial charge on any atom is -0.378 e. The number of halogens is 4. The normalized spacial score (nSPS) is 20.7. The predicted molar refractivity (Wildman–Crippen MR) is 78.9 cm³/mol. The van der Waals surface area contributed by atoms with Gasteiger partial charge in [0.05, 0.1) is 11.7 Å². The van der Waals surface area contributed by atoms with Gasteiger partial charge in [-0.25, -0.2) is 0 Å². The molecule has 1 aromatic rings. The molecule has 118 valence electrons. The molecule has 2 rings (SSSR count). The van der Waals surface area contributed by atoms with Crippen molar-refractivity contribution in [3.05, 3.63) is 33.8 Å². The minimum absolute atomic E-state index is 0.294. The largest absolute Gasteiger partial charge is 0.416 e. The van der Waals surface area contributed by atoms with Gasteiger partial charge in [-0.1, -0.05) is 15.9 Å². The molecule has 0 spiro atoms. The number of hydrogen-bond acceptors (Lipinski definition) is 2. The number of benzene rings is 1. The fourth-order valence-corrected chi connectivity index (χ4v) is 3.14. The average Bonchev–Trinajstić information content (AvgIpc) is 2.91. The molecule has 1 aromatic carbocycles. The van der Waals surface area contributed by atoms with Gasteiger partial charge in [-0.15, -0.1) is 0 Å². The first kappa shape index (κ1) is 16.8. The molecule has 2 atom stereocenters. The Hall–Kier alpha value is -0.590. The lowest BCUT2D eigenvalue weighted by molar-refractivity contribution is -0.137. The molecule has 1 aliphatic rings. The third-order valence-corrected chi connectivity index (χ3v) is 4.51. The zero-order valence-corrected chi connectivity index (χ0v) is 13.2. The van der Waals surface area contributed by atoms with E-state index >= 15 is 0 Å². The minimum atomic E-state index is -4.34. The zero-order valence-electron chi connectivity index (χ0n) is 11.6. The Labute approximate surface area is 131 Å². The SMILES string of the molecule is NC(CCCC1CCCO1)c1cc(C(F)(F)F)ccc1Br. The summed E-state index contributed by atoms with van der Waals surface area (Å²) < 4.78 is 44.4. The molecular formula is C15H19BrF3NO. The molecule has 0 amide bonds. The summed E-state index contributed by atoms with van der Waals surface area (Å²) in [7, 11) is 0. The van der Waals surface area contributed by atoms with Gasteiger partial charge >= 0.3 is 6.18 Å². The molecule has 2 N–H and O–H groups in total. The van der Waals surface area contributed by atoms with Crippen LogP contribution in [-0.4, -0.2) is 12.7 Å². The monoisotopic (exact) mass is 365 g/mol. The van der Waals surface area contributed by atoms with Gasteiger partial charge in [0.15, 0.2) is 0 Å². The molecule has 2 nitrogen and oxygen atoms in total. The van der Waals surface area contributed by atoms with Crippen molar-refractivity contribution in [2.75, 3.05) is 6.61 Å². The van der Waals surface area contributed by atoms with Gasteiger partial charge < -0.3 is 10.5 Å². The number of alkyl halides is 3. The van der Waals surface area contributed by atoms with Crippen LogP contribution in [0.25, 0.3) is 0 Å². The van der Waals surface area contributed by atoms with Gasteiger partial charge in [-0.3, -0.25) is 0 Å². The Morgan fingerprint density at radius 2 is 2.14 bits per heavy atom. The molecule has 0 radical (unpaired) electrons.